The first-order valence-electron chi connectivity index (χ1n) is 20.6. The van der Waals surface area contributed by atoms with Gasteiger partial charge < -0.3 is 53.4 Å². The molecule has 0 saturated carbocycles. The number of nitrogens with zero attached hydrogens (tertiary/aromatic N) is 2. The summed E-state index contributed by atoms with van der Waals surface area (Å²) < 4.78 is 0.533. The second kappa shape index (κ2) is 24.7. The number of phenols is 1. The van der Waals surface area contributed by atoms with Crippen molar-refractivity contribution in [3.8, 4) is 5.75 Å². The number of hydrogen-bond acceptors (Lipinski definition) is 9. The molecule has 330 valence electrons. The van der Waals surface area contributed by atoms with Crippen LogP contribution in [0.4, 0.5) is 0 Å². The van der Waals surface area contributed by atoms with Crippen LogP contribution in [0, 0.1) is 3.57 Å². The average molecular weight is 955 g/mol. The number of nitrogens with two attached hydrogens (primary N) is 2. The highest BCUT2D eigenvalue weighted by molar-refractivity contribution is 14.1. The molecule has 0 aliphatic carbocycles. The minimum absolute atomic E-state index is 0.00184. The Kier molecular flexibility index (Phi) is 19.5. The Morgan fingerprint density at radius 3 is 2.21 bits per heavy atom. The highest BCUT2D eigenvalue weighted by atomic mass is 127. The third-order valence-electron chi connectivity index (χ3n) is 10.4. The standard InChI is InChI=1S/C43H59IN10O7/c1-47-43(46)49-21-8-12-32-40(59)53-33(24-27-15-17-29-10-5-6-11-30(29)22-27)39(58)50-26-38(57)51-34(25-28-16-18-36(55)31(44)23-28)42(61)54(2)35(41(60)52-32)13-9-20-48-37(56)14-4-3-7-19-45/h5-6,10-11,15-18,22-23,32-35,55H,3-4,7-9,12-14,19-21,24-26,45H2,1-2H3,(H,48,56)(H,50,58)(H,51,57)(H,52,60)(H,53,59)(H3,46,47,49)/t32-,33-,34+,35+/m0/s1. The number of aliphatic imine (C=N–C) groups is 1. The van der Waals surface area contributed by atoms with Crippen molar-refractivity contribution in [3.63, 3.8) is 0 Å². The number of halogens is 1. The van der Waals surface area contributed by atoms with Gasteiger partial charge in [0, 0.05) is 46.4 Å². The number of carbonyl (C=O) groups is 6. The molecule has 18 heteroatoms. The predicted octanol–water partition coefficient (Wildman–Crippen LogP) is 1.08. The van der Waals surface area contributed by atoms with Gasteiger partial charge in [0.15, 0.2) is 5.96 Å². The molecule has 0 radical (unpaired) electrons. The van der Waals surface area contributed by atoms with Crippen LogP contribution in [0.25, 0.3) is 10.8 Å². The van der Waals surface area contributed by atoms with Gasteiger partial charge >= 0.3 is 0 Å². The summed E-state index contributed by atoms with van der Waals surface area (Å²) in [4.78, 5) is 88.1. The SMILES string of the molecule is CN=C(N)NCCC[C@@H]1NC(=O)[C@@H](CCCNC(=O)CCCCCN)N(C)C(=O)[C@@H](Cc2ccc(O)c(I)c2)NC(=O)CNC(=O)[C@H](Cc2ccc3ccccc3c2)NC1=O. The molecule has 0 aromatic heterocycles. The Labute approximate surface area is 370 Å². The number of amides is 6. The lowest BCUT2D eigenvalue weighted by molar-refractivity contribution is -0.142. The van der Waals surface area contributed by atoms with Crippen LogP contribution in [0.2, 0.25) is 0 Å². The van der Waals surface area contributed by atoms with Crippen LogP contribution >= 0.6 is 22.6 Å². The van der Waals surface area contributed by atoms with Crippen LogP contribution in [-0.2, 0) is 41.6 Å². The molecule has 1 aliphatic heterocycles. The van der Waals surface area contributed by atoms with Gasteiger partial charge in [0.05, 0.1) is 10.1 Å². The van der Waals surface area contributed by atoms with Crippen molar-refractivity contribution in [2.45, 2.75) is 88.4 Å². The zero-order valence-electron chi connectivity index (χ0n) is 34.8. The van der Waals surface area contributed by atoms with Crippen molar-refractivity contribution in [3.05, 3.63) is 75.4 Å². The number of phenolic OH excluding ortho intramolecular Hbond substituents is 1. The van der Waals surface area contributed by atoms with Crippen LogP contribution in [-0.4, -0.2) is 116 Å². The quantitative estimate of drug-likeness (QED) is 0.0403. The van der Waals surface area contributed by atoms with Gasteiger partial charge in [0.1, 0.15) is 29.9 Å². The Bertz CT molecular complexity index is 2030. The lowest BCUT2D eigenvalue weighted by Gasteiger charge is -2.32. The number of aromatic hydroxyl groups is 1. The van der Waals surface area contributed by atoms with Gasteiger partial charge in [-0.2, -0.15) is 0 Å². The van der Waals surface area contributed by atoms with Gasteiger partial charge in [-0.25, -0.2) is 0 Å². The van der Waals surface area contributed by atoms with Gasteiger partial charge in [0.2, 0.25) is 35.4 Å². The maximum atomic E-state index is 14.4. The smallest absolute Gasteiger partial charge is 0.245 e. The normalized spacial score (nSPS) is 19.6. The lowest BCUT2D eigenvalue weighted by atomic mass is 10.00. The number of guanidine groups is 1. The van der Waals surface area contributed by atoms with E-state index in [4.69, 9.17) is 11.5 Å². The second-order valence-corrected chi connectivity index (χ2v) is 16.2. The third kappa shape index (κ3) is 15.5. The Morgan fingerprint density at radius 2 is 1.48 bits per heavy atom. The minimum Gasteiger partial charge on any atom is -0.507 e. The van der Waals surface area contributed by atoms with E-state index in [0.29, 0.717) is 47.9 Å². The van der Waals surface area contributed by atoms with Gasteiger partial charge in [-0.15, -0.1) is 0 Å². The van der Waals surface area contributed by atoms with Crippen molar-refractivity contribution in [2.75, 3.05) is 40.3 Å². The second-order valence-electron chi connectivity index (χ2n) is 15.1. The summed E-state index contributed by atoms with van der Waals surface area (Å²) in [5.41, 5.74) is 12.8. The summed E-state index contributed by atoms with van der Waals surface area (Å²) in [6.07, 6.45) is 3.64. The number of carbonyl (C=O) groups excluding carboxylic acids is 6. The molecular weight excluding hydrogens is 895 g/mol. The number of hydrogen-bond donors (Lipinski definition) is 9. The highest BCUT2D eigenvalue weighted by Gasteiger charge is 2.35. The van der Waals surface area contributed by atoms with E-state index >= 15 is 0 Å². The molecule has 0 unspecified atom stereocenters. The van der Waals surface area contributed by atoms with Crippen LogP contribution in [0.3, 0.4) is 0 Å². The fourth-order valence-electron chi connectivity index (χ4n) is 6.99. The summed E-state index contributed by atoms with van der Waals surface area (Å²) in [7, 11) is 2.98. The van der Waals surface area contributed by atoms with Gasteiger partial charge in [-0.05, 0) is 102 Å². The third-order valence-corrected chi connectivity index (χ3v) is 11.3. The van der Waals surface area contributed by atoms with Crippen LogP contribution in [0.15, 0.2) is 65.7 Å². The number of unbranched alkanes of at least 4 members (excludes halogenated alkanes) is 2. The summed E-state index contributed by atoms with van der Waals surface area (Å²) in [6, 6.07) is 13.6. The van der Waals surface area contributed by atoms with Gasteiger partial charge in [0.25, 0.3) is 0 Å². The van der Waals surface area contributed by atoms with Crippen molar-refractivity contribution in [2.24, 2.45) is 16.5 Å². The largest absolute Gasteiger partial charge is 0.507 e. The number of nitrogens with one attached hydrogen (secondary N) is 6. The highest BCUT2D eigenvalue weighted by Crippen LogP contribution is 2.22. The molecule has 61 heavy (non-hydrogen) atoms. The monoisotopic (exact) mass is 954 g/mol. The summed E-state index contributed by atoms with van der Waals surface area (Å²) in [5.74, 6) is -3.08. The van der Waals surface area contributed by atoms with Crippen molar-refractivity contribution in [1.29, 1.82) is 0 Å². The summed E-state index contributed by atoms with van der Waals surface area (Å²) in [6.45, 7) is 0.599. The van der Waals surface area contributed by atoms with E-state index in [-0.39, 0.29) is 49.8 Å². The maximum Gasteiger partial charge on any atom is 0.245 e. The first-order valence-corrected chi connectivity index (χ1v) is 21.7. The molecule has 0 spiro atoms. The Morgan fingerprint density at radius 1 is 0.803 bits per heavy atom. The number of fused-ring (bicyclic) bond motifs is 1. The molecule has 3 aromatic rings. The number of benzene rings is 3. The number of likely N-dealkylation sites (N-methyl/N-ethyl adjacent to an activating group) is 1. The van der Waals surface area contributed by atoms with Crippen molar-refractivity contribution in [1.82, 2.24) is 36.8 Å². The Balaban J connectivity index is 1.67. The molecule has 1 aliphatic rings. The molecule has 4 rings (SSSR count). The van der Waals surface area contributed by atoms with E-state index in [1.165, 1.54) is 25.1 Å². The van der Waals surface area contributed by atoms with Crippen molar-refractivity contribution < 1.29 is 33.9 Å². The van der Waals surface area contributed by atoms with Crippen LogP contribution in [0.1, 0.15) is 62.5 Å². The molecule has 11 N–H and O–H groups in total. The summed E-state index contributed by atoms with van der Waals surface area (Å²) in [5, 5.41) is 29.0. The molecule has 1 saturated heterocycles. The van der Waals surface area contributed by atoms with Gasteiger partial charge in [-0.3, -0.25) is 33.8 Å². The van der Waals surface area contributed by atoms with Gasteiger partial charge in [-0.1, -0.05) is 55.0 Å². The molecule has 1 fully saturated rings. The molecule has 0 bridgehead atoms. The average Bonchev–Trinajstić information content (AvgIpc) is 3.25. The lowest BCUT2D eigenvalue weighted by Crippen LogP contribution is -2.58. The zero-order valence-corrected chi connectivity index (χ0v) is 37.0. The van der Waals surface area contributed by atoms with E-state index < -0.39 is 60.2 Å². The first-order chi connectivity index (χ1) is 29.3. The zero-order chi connectivity index (χ0) is 44.3. The van der Waals surface area contributed by atoms with Crippen molar-refractivity contribution >= 4 is 74.8 Å². The first kappa shape index (κ1) is 48.2. The topological polar surface area (TPSA) is 262 Å². The molecular formula is C43H59IN10O7. The van der Waals surface area contributed by atoms with E-state index in [2.05, 4.69) is 36.9 Å². The minimum atomic E-state index is -1.19. The van der Waals surface area contributed by atoms with E-state index in [1.807, 2.05) is 65.1 Å². The Hall–Kier alpha value is -5.50. The van der Waals surface area contributed by atoms with E-state index in [1.54, 1.807) is 12.1 Å². The number of rotatable bonds is 17. The molecule has 17 nitrogen and oxygen atoms in total. The van der Waals surface area contributed by atoms with Crippen LogP contribution in [0.5, 0.6) is 5.75 Å². The molecule has 1 heterocycles. The maximum absolute atomic E-state index is 14.4. The molecule has 3 aromatic carbocycles. The fourth-order valence-corrected chi connectivity index (χ4v) is 7.57. The predicted molar refractivity (Wildman–Crippen MR) is 242 cm³/mol. The van der Waals surface area contributed by atoms with E-state index in [9.17, 15) is 33.9 Å². The molecule has 6 amide bonds. The fraction of sp³-hybridized carbons (Fsp3) is 0.465. The summed E-state index contributed by atoms with van der Waals surface area (Å²) >= 11 is 1.96. The van der Waals surface area contributed by atoms with E-state index in [0.717, 1.165) is 29.2 Å². The van der Waals surface area contributed by atoms with Crippen LogP contribution < -0.4 is 43.4 Å². The molecule has 4 atom stereocenters.